The smallest absolute Gasteiger partial charge is 0.321 e. The molecule has 1 aromatic rings. The summed E-state index contributed by atoms with van der Waals surface area (Å²) in [6.07, 6.45) is 1.66. The van der Waals surface area contributed by atoms with Crippen LogP contribution in [0.3, 0.4) is 0 Å². The van der Waals surface area contributed by atoms with Gasteiger partial charge in [-0.1, -0.05) is 11.6 Å². The normalized spacial score (nSPS) is 16.9. The summed E-state index contributed by atoms with van der Waals surface area (Å²) in [6.45, 7) is 1.07. The van der Waals surface area contributed by atoms with Gasteiger partial charge in [-0.3, -0.25) is 4.90 Å². The summed E-state index contributed by atoms with van der Waals surface area (Å²) in [5.41, 5.74) is 0. The number of nitrogens with one attached hydrogen (secondary N) is 1. The van der Waals surface area contributed by atoms with E-state index in [1.165, 1.54) is 11.3 Å². The molecule has 76 valence electrons. The lowest BCUT2D eigenvalue weighted by atomic mass is 10.5. The predicted molar refractivity (Wildman–Crippen MR) is 52.0 cm³/mol. The minimum atomic E-state index is -0.124. The van der Waals surface area contributed by atoms with Crippen molar-refractivity contribution in [2.45, 2.75) is 6.54 Å². The Morgan fingerprint density at radius 2 is 2.64 bits per heavy atom. The molecule has 0 aliphatic carbocycles. The first kappa shape index (κ1) is 9.70. The first-order valence-corrected chi connectivity index (χ1v) is 5.16. The Morgan fingerprint density at radius 1 is 1.79 bits per heavy atom. The second-order valence-electron chi connectivity index (χ2n) is 2.74. The fraction of sp³-hybridized carbons (Fsp3) is 0.429. The van der Waals surface area contributed by atoms with Crippen LogP contribution in [0.4, 0.5) is 4.79 Å². The van der Waals surface area contributed by atoms with Crippen molar-refractivity contribution in [1.29, 1.82) is 0 Å². The molecule has 1 N–H and O–H groups in total. The van der Waals surface area contributed by atoms with Crippen molar-refractivity contribution in [3.8, 4) is 0 Å². The van der Waals surface area contributed by atoms with Crippen LogP contribution in [0.1, 0.15) is 4.88 Å². The van der Waals surface area contributed by atoms with Crippen LogP contribution in [0.5, 0.6) is 0 Å². The first-order chi connectivity index (χ1) is 6.75. The summed E-state index contributed by atoms with van der Waals surface area (Å²) < 4.78 is 5.56. The average Bonchev–Trinajstić information content (AvgIpc) is 2.56. The molecular weight excluding hydrogens is 226 g/mol. The van der Waals surface area contributed by atoms with Gasteiger partial charge in [0.05, 0.1) is 6.54 Å². The van der Waals surface area contributed by atoms with E-state index in [2.05, 4.69) is 10.3 Å². The number of thiazole rings is 1. The minimum Gasteiger partial charge on any atom is -0.341 e. The number of urea groups is 1. The number of nitrogens with zero attached hydrogens (tertiary/aromatic N) is 2. The zero-order chi connectivity index (χ0) is 9.97. The molecule has 2 rings (SSSR count). The fourth-order valence-corrected chi connectivity index (χ4v) is 2.09. The van der Waals surface area contributed by atoms with Gasteiger partial charge >= 0.3 is 6.03 Å². The lowest BCUT2D eigenvalue weighted by Crippen LogP contribution is -2.47. The number of ether oxygens (including phenoxy) is 1. The molecule has 0 unspecified atom stereocenters. The third-order valence-corrected chi connectivity index (χ3v) is 2.83. The van der Waals surface area contributed by atoms with Gasteiger partial charge < -0.3 is 10.1 Å². The van der Waals surface area contributed by atoms with E-state index in [1.54, 1.807) is 11.1 Å². The van der Waals surface area contributed by atoms with Crippen LogP contribution >= 0.6 is 22.9 Å². The highest BCUT2D eigenvalue weighted by atomic mass is 35.5. The Kier molecular flexibility index (Phi) is 2.85. The Hall–Kier alpha value is -0.850. The molecule has 0 atom stereocenters. The Morgan fingerprint density at radius 3 is 3.29 bits per heavy atom. The topological polar surface area (TPSA) is 54.5 Å². The summed E-state index contributed by atoms with van der Waals surface area (Å²) in [7, 11) is 0. The second-order valence-corrected chi connectivity index (χ2v) is 4.43. The molecule has 0 saturated carbocycles. The molecule has 0 radical (unpaired) electrons. The van der Waals surface area contributed by atoms with E-state index in [0.717, 1.165) is 4.88 Å². The van der Waals surface area contributed by atoms with Crippen LogP contribution in [-0.4, -0.2) is 29.4 Å². The average molecular weight is 234 g/mol. The SMILES string of the molecule is O=C1NCOCN1Cc1cnc(Cl)s1. The van der Waals surface area contributed by atoms with E-state index in [0.29, 0.717) is 17.7 Å². The predicted octanol–water partition coefficient (Wildman–Crippen LogP) is 1.25. The number of rotatable bonds is 2. The van der Waals surface area contributed by atoms with Gasteiger partial charge in [0.2, 0.25) is 0 Å². The van der Waals surface area contributed by atoms with Gasteiger partial charge in [0.25, 0.3) is 0 Å². The highest BCUT2D eigenvalue weighted by Gasteiger charge is 2.18. The van der Waals surface area contributed by atoms with Crippen LogP contribution in [0, 0.1) is 0 Å². The molecule has 5 nitrogen and oxygen atoms in total. The highest BCUT2D eigenvalue weighted by molar-refractivity contribution is 7.15. The van der Waals surface area contributed by atoms with Crippen molar-refractivity contribution in [2.75, 3.05) is 13.5 Å². The van der Waals surface area contributed by atoms with Crippen LogP contribution in [0.2, 0.25) is 4.47 Å². The largest absolute Gasteiger partial charge is 0.341 e. The summed E-state index contributed by atoms with van der Waals surface area (Å²) in [5.74, 6) is 0. The van der Waals surface area contributed by atoms with Gasteiger partial charge in [0.1, 0.15) is 13.5 Å². The standard InChI is InChI=1S/C7H8ClN3O2S/c8-6-9-1-5(14-6)2-11-4-13-3-10-7(11)12/h1H,2-4H2,(H,10,12). The van der Waals surface area contributed by atoms with Gasteiger partial charge in [-0.25, -0.2) is 9.78 Å². The molecule has 1 saturated heterocycles. The van der Waals surface area contributed by atoms with Gasteiger partial charge in [0.15, 0.2) is 4.47 Å². The fourth-order valence-electron chi connectivity index (χ4n) is 1.10. The number of carbonyl (C=O) groups excluding carboxylic acids is 1. The molecule has 2 amide bonds. The minimum absolute atomic E-state index is 0.124. The molecule has 14 heavy (non-hydrogen) atoms. The van der Waals surface area contributed by atoms with E-state index in [-0.39, 0.29) is 12.8 Å². The van der Waals surface area contributed by atoms with Crippen LogP contribution in [0.25, 0.3) is 0 Å². The zero-order valence-electron chi connectivity index (χ0n) is 7.20. The maximum atomic E-state index is 11.3. The van der Waals surface area contributed by atoms with Crippen molar-refractivity contribution in [3.63, 3.8) is 0 Å². The van der Waals surface area contributed by atoms with Crippen molar-refractivity contribution >= 4 is 29.0 Å². The van der Waals surface area contributed by atoms with Gasteiger partial charge in [-0.2, -0.15) is 0 Å². The molecule has 2 heterocycles. The molecule has 0 spiro atoms. The van der Waals surface area contributed by atoms with E-state index in [9.17, 15) is 4.79 Å². The van der Waals surface area contributed by atoms with E-state index in [4.69, 9.17) is 16.3 Å². The van der Waals surface area contributed by atoms with E-state index in [1.807, 2.05) is 0 Å². The highest BCUT2D eigenvalue weighted by Crippen LogP contribution is 2.19. The Bertz CT molecular complexity index is 343. The molecule has 1 aliphatic heterocycles. The van der Waals surface area contributed by atoms with E-state index >= 15 is 0 Å². The molecule has 1 aromatic heterocycles. The van der Waals surface area contributed by atoms with E-state index < -0.39 is 0 Å². The van der Waals surface area contributed by atoms with Crippen LogP contribution in [-0.2, 0) is 11.3 Å². The van der Waals surface area contributed by atoms with Crippen LogP contribution in [0.15, 0.2) is 6.20 Å². The van der Waals surface area contributed by atoms with Crippen molar-refractivity contribution in [2.24, 2.45) is 0 Å². The quantitative estimate of drug-likeness (QED) is 0.837. The van der Waals surface area contributed by atoms with Gasteiger partial charge in [0, 0.05) is 11.1 Å². The molecule has 0 aromatic carbocycles. The maximum absolute atomic E-state index is 11.3. The Balaban J connectivity index is 1.99. The molecular formula is C7H8ClN3O2S. The molecule has 1 fully saturated rings. The number of hydrogen-bond acceptors (Lipinski definition) is 4. The summed E-state index contributed by atoms with van der Waals surface area (Å²) in [5, 5.41) is 2.58. The van der Waals surface area contributed by atoms with Gasteiger partial charge in [-0.05, 0) is 0 Å². The molecule has 1 aliphatic rings. The third kappa shape index (κ3) is 2.14. The van der Waals surface area contributed by atoms with Gasteiger partial charge in [-0.15, -0.1) is 11.3 Å². The third-order valence-electron chi connectivity index (χ3n) is 1.73. The summed E-state index contributed by atoms with van der Waals surface area (Å²) in [4.78, 5) is 17.7. The lowest BCUT2D eigenvalue weighted by molar-refractivity contribution is 0.00641. The first-order valence-electron chi connectivity index (χ1n) is 3.96. The van der Waals surface area contributed by atoms with Crippen molar-refractivity contribution in [3.05, 3.63) is 15.5 Å². The number of hydrogen-bond donors (Lipinski definition) is 1. The number of amides is 2. The molecule has 0 bridgehead atoms. The monoisotopic (exact) mass is 233 g/mol. The van der Waals surface area contributed by atoms with Crippen molar-refractivity contribution < 1.29 is 9.53 Å². The van der Waals surface area contributed by atoms with Crippen molar-refractivity contribution in [1.82, 2.24) is 15.2 Å². The second kappa shape index (κ2) is 4.12. The number of halogens is 1. The van der Waals surface area contributed by atoms with Crippen LogP contribution < -0.4 is 5.32 Å². The zero-order valence-corrected chi connectivity index (χ0v) is 8.77. The Labute approximate surface area is 89.6 Å². The summed E-state index contributed by atoms with van der Waals surface area (Å²) in [6, 6.07) is -0.124. The number of aromatic nitrogens is 1. The molecule has 7 heteroatoms. The summed E-state index contributed by atoms with van der Waals surface area (Å²) >= 11 is 7.03. The maximum Gasteiger partial charge on any atom is 0.321 e. The lowest BCUT2D eigenvalue weighted by Gasteiger charge is -2.26. The number of carbonyl (C=O) groups is 1.